The molecule has 100 valence electrons. The van der Waals surface area contributed by atoms with Gasteiger partial charge in [0, 0.05) is 22.1 Å². The van der Waals surface area contributed by atoms with Gasteiger partial charge in [-0.15, -0.1) is 0 Å². The highest BCUT2D eigenvalue weighted by atomic mass is 79.9. The van der Waals surface area contributed by atoms with Crippen LogP contribution in [0.15, 0.2) is 39.3 Å². The maximum Gasteiger partial charge on any atom is 0.230 e. The van der Waals surface area contributed by atoms with E-state index in [-0.39, 0.29) is 18.2 Å². The van der Waals surface area contributed by atoms with Gasteiger partial charge in [-0.1, -0.05) is 34.9 Å². The van der Waals surface area contributed by atoms with E-state index >= 15 is 0 Å². The largest absolute Gasteiger partial charge is 0.361 e. The lowest BCUT2D eigenvalue weighted by molar-refractivity contribution is -0.115. The number of nitrogens with zero attached hydrogens (tertiary/aromatic N) is 1. The van der Waals surface area contributed by atoms with Gasteiger partial charge in [0.2, 0.25) is 5.91 Å². The Morgan fingerprint density at radius 1 is 1.37 bits per heavy atom. The molecule has 19 heavy (non-hydrogen) atoms. The van der Waals surface area contributed by atoms with E-state index in [4.69, 9.17) is 4.52 Å². The number of nitrogens with one attached hydrogen (secondary N) is 1. The SMILES string of the molecule is CC(C)c1cc(CC(=O)Nc2ccc(Br)cc2)no1. The van der Waals surface area contributed by atoms with Crippen molar-refractivity contribution in [1.82, 2.24) is 5.16 Å². The van der Waals surface area contributed by atoms with Gasteiger partial charge in [0.25, 0.3) is 0 Å². The monoisotopic (exact) mass is 322 g/mol. The number of benzene rings is 1. The van der Waals surface area contributed by atoms with E-state index in [1.54, 1.807) is 0 Å². The molecule has 2 aromatic rings. The number of halogens is 1. The molecule has 1 aromatic carbocycles. The molecule has 1 heterocycles. The Bertz CT molecular complexity index is 561. The fraction of sp³-hybridized carbons (Fsp3) is 0.286. The third-order valence-corrected chi connectivity index (χ3v) is 3.14. The van der Waals surface area contributed by atoms with E-state index in [9.17, 15) is 4.79 Å². The summed E-state index contributed by atoms with van der Waals surface area (Å²) >= 11 is 3.35. The zero-order valence-electron chi connectivity index (χ0n) is 10.8. The first-order valence-electron chi connectivity index (χ1n) is 6.05. The van der Waals surface area contributed by atoms with Crippen LogP contribution in [0.25, 0.3) is 0 Å². The minimum atomic E-state index is -0.106. The number of hydrogen-bond donors (Lipinski definition) is 1. The van der Waals surface area contributed by atoms with Crippen molar-refractivity contribution >= 4 is 27.5 Å². The fourth-order valence-electron chi connectivity index (χ4n) is 1.59. The molecule has 1 N–H and O–H groups in total. The Kier molecular flexibility index (Phi) is 4.37. The normalized spacial score (nSPS) is 10.7. The van der Waals surface area contributed by atoms with Crippen LogP contribution in [-0.2, 0) is 11.2 Å². The molecule has 0 aliphatic rings. The van der Waals surface area contributed by atoms with Crippen molar-refractivity contribution in [1.29, 1.82) is 0 Å². The van der Waals surface area contributed by atoms with Crippen molar-refractivity contribution in [3.63, 3.8) is 0 Å². The van der Waals surface area contributed by atoms with Crippen molar-refractivity contribution in [2.24, 2.45) is 0 Å². The van der Waals surface area contributed by atoms with E-state index < -0.39 is 0 Å². The van der Waals surface area contributed by atoms with Gasteiger partial charge < -0.3 is 9.84 Å². The highest BCUT2D eigenvalue weighted by Gasteiger charge is 2.11. The van der Waals surface area contributed by atoms with E-state index in [0.717, 1.165) is 15.9 Å². The first kappa shape index (κ1) is 13.8. The fourth-order valence-corrected chi connectivity index (χ4v) is 1.85. The summed E-state index contributed by atoms with van der Waals surface area (Å²) in [7, 11) is 0. The minimum absolute atomic E-state index is 0.106. The summed E-state index contributed by atoms with van der Waals surface area (Å²) in [5.41, 5.74) is 1.42. The zero-order chi connectivity index (χ0) is 13.8. The number of amides is 1. The highest BCUT2D eigenvalue weighted by molar-refractivity contribution is 9.10. The van der Waals surface area contributed by atoms with Crippen molar-refractivity contribution in [3.8, 4) is 0 Å². The van der Waals surface area contributed by atoms with Crippen LogP contribution < -0.4 is 5.32 Å². The van der Waals surface area contributed by atoms with Crippen molar-refractivity contribution in [2.45, 2.75) is 26.2 Å². The summed E-state index contributed by atoms with van der Waals surface area (Å²) in [6.07, 6.45) is 0.215. The third-order valence-electron chi connectivity index (χ3n) is 2.62. The molecule has 2 rings (SSSR count). The van der Waals surface area contributed by atoms with E-state index in [1.165, 1.54) is 0 Å². The summed E-state index contributed by atoms with van der Waals surface area (Å²) in [4.78, 5) is 11.8. The standard InChI is InChI=1S/C14H15BrN2O2/c1-9(2)13-7-12(17-19-13)8-14(18)16-11-5-3-10(15)4-6-11/h3-7,9H,8H2,1-2H3,(H,16,18). The molecule has 0 atom stereocenters. The van der Waals surface area contributed by atoms with Crippen molar-refractivity contribution in [2.75, 3.05) is 5.32 Å². The lowest BCUT2D eigenvalue weighted by Crippen LogP contribution is -2.14. The molecule has 0 aliphatic heterocycles. The Hall–Kier alpha value is -1.62. The van der Waals surface area contributed by atoms with Crippen molar-refractivity contribution < 1.29 is 9.32 Å². The molecule has 1 aromatic heterocycles. The summed E-state index contributed by atoms with van der Waals surface area (Å²) in [6.45, 7) is 4.04. The number of aromatic nitrogens is 1. The van der Waals surface area contributed by atoms with E-state index in [1.807, 2.05) is 44.2 Å². The van der Waals surface area contributed by atoms with Crippen LogP contribution in [0.1, 0.15) is 31.2 Å². The number of carbonyl (C=O) groups is 1. The number of hydrogen-bond acceptors (Lipinski definition) is 3. The molecule has 0 spiro atoms. The first-order chi connectivity index (χ1) is 9.04. The zero-order valence-corrected chi connectivity index (χ0v) is 12.4. The van der Waals surface area contributed by atoms with Crippen molar-refractivity contribution in [3.05, 3.63) is 46.3 Å². The average Bonchev–Trinajstić information content (AvgIpc) is 2.80. The maximum absolute atomic E-state index is 11.8. The van der Waals surface area contributed by atoms with Crippen LogP contribution in [0, 0.1) is 0 Å². The molecule has 5 heteroatoms. The molecule has 0 bridgehead atoms. The van der Waals surface area contributed by atoms with Gasteiger partial charge in [-0.05, 0) is 24.3 Å². The van der Waals surface area contributed by atoms with Gasteiger partial charge in [-0.3, -0.25) is 4.79 Å². The second-order valence-corrected chi connectivity index (χ2v) is 5.52. The summed E-state index contributed by atoms with van der Waals surface area (Å²) < 4.78 is 6.13. The predicted octanol–water partition coefficient (Wildman–Crippen LogP) is 3.74. The van der Waals surface area contributed by atoms with E-state index in [2.05, 4.69) is 26.4 Å². The Morgan fingerprint density at radius 2 is 2.05 bits per heavy atom. The second kappa shape index (κ2) is 6.02. The molecule has 4 nitrogen and oxygen atoms in total. The topological polar surface area (TPSA) is 55.1 Å². The van der Waals surface area contributed by atoms with Gasteiger partial charge in [0.05, 0.1) is 12.1 Å². The van der Waals surface area contributed by atoms with Gasteiger partial charge >= 0.3 is 0 Å². The van der Waals surface area contributed by atoms with Gasteiger partial charge in [0.15, 0.2) is 0 Å². The summed E-state index contributed by atoms with van der Waals surface area (Å²) in [5.74, 6) is 0.966. The van der Waals surface area contributed by atoms with Crippen LogP contribution in [-0.4, -0.2) is 11.1 Å². The van der Waals surface area contributed by atoms with Gasteiger partial charge in [-0.2, -0.15) is 0 Å². The molecule has 0 aliphatic carbocycles. The molecular formula is C14H15BrN2O2. The van der Waals surface area contributed by atoms with Crippen LogP contribution in [0.4, 0.5) is 5.69 Å². The summed E-state index contributed by atoms with van der Waals surface area (Å²) in [6, 6.07) is 9.26. The maximum atomic E-state index is 11.8. The smallest absolute Gasteiger partial charge is 0.230 e. The van der Waals surface area contributed by atoms with Crippen LogP contribution >= 0.6 is 15.9 Å². The molecule has 0 radical (unpaired) electrons. The van der Waals surface area contributed by atoms with Crippen LogP contribution in [0.3, 0.4) is 0 Å². The molecular weight excluding hydrogens is 308 g/mol. The number of rotatable bonds is 4. The predicted molar refractivity (Wildman–Crippen MR) is 77.1 cm³/mol. The molecule has 0 fully saturated rings. The van der Waals surface area contributed by atoms with Crippen LogP contribution in [0.5, 0.6) is 0 Å². The molecule has 0 saturated carbocycles. The van der Waals surface area contributed by atoms with E-state index in [0.29, 0.717) is 5.69 Å². The lowest BCUT2D eigenvalue weighted by Gasteiger charge is -2.03. The Balaban J connectivity index is 1.95. The minimum Gasteiger partial charge on any atom is -0.361 e. The average molecular weight is 323 g/mol. The Labute approximate surface area is 120 Å². The number of anilines is 1. The molecule has 0 unspecified atom stereocenters. The first-order valence-corrected chi connectivity index (χ1v) is 6.85. The number of carbonyl (C=O) groups excluding carboxylic acids is 1. The third kappa shape index (κ3) is 3.92. The second-order valence-electron chi connectivity index (χ2n) is 4.61. The van der Waals surface area contributed by atoms with Gasteiger partial charge in [-0.25, -0.2) is 0 Å². The lowest BCUT2D eigenvalue weighted by atomic mass is 10.1. The van der Waals surface area contributed by atoms with Gasteiger partial charge in [0.1, 0.15) is 5.76 Å². The highest BCUT2D eigenvalue weighted by Crippen LogP contribution is 2.17. The molecule has 1 amide bonds. The summed E-state index contributed by atoms with van der Waals surface area (Å²) in [5, 5.41) is 6.70. The molecule has 0 saturated heterocycles. The quantitative estimate of drug-likeness (QED) is 0.932. The van der Waals surface area contributed by atoms with Crippen LogP contribution in [0.2, 0.25) is 0 Å². The Morgan fingerprint density at radius 3 is 2.63 bits per heavy atom.